The van der Waals surface area contributed by atoms with Crippen LogP contribution in [0.2, 0.25) is 0 Å². The van der Waals surface area contributed by atoms with Crippen LogP contribution < -0.4 is 0 Å². The fourth-order valence-corrected chi connectivity index (χ4v) is 2.23. The standard InChI is InChI=1S/C19H26F2O2/c1-12(2)10-18(14(5)13(3)4)23-19(22)9-7-15-6-8-16(20)17(21)11-15/h6-9,11-14,18H,10H2,1-5H3/b9-7+/t14-,18+/m0/s1. The summed E-state index contributed by atoms with van der Waals surface area (Å²) in [6, 6.07) is 3.48. The predicted octanol–water partition coefficient (Wildman–Crippen LogP) is 5.23. The molecule has 1 rings (SSSR count). The normalized spacial score (nSPS) is 14.5. The van der Waals surface area contributed by atoms with Gasteiger partial charge in [0, 0.05) is 6.08 Å². The summed E-state index contributed by atoms with van der Waals surface area (Å²) >= 11 is 0. The molecule has 0 heterocycles. The van der Waals surface area contributed by atoms with E-state index in [1.54, 1.807) is 0 Å². The van der Waals surface area contributed by atoms with Crippen LogP contribution >= 0.6 is 0 Å². The van der Waals surface area contributed by atoms with Gasteiger partial charge in [0.05, 0.1) is 0 Å². The Hall–Kier alpha value is -1.71. The lowest BCUT2D eigenvalue weighted by Gasteiger charge is -2.27. The van der Waals surface area contributed by atoms with Crippen molar-refractivity contribution in [1.29, 1.82) is 0 Å². The number of halogens is 2. The summed E-state index contributed by atoms with van der Waals surface area (Å²) in [6.07, 6.45) is 3.33. The molecule has 4 heteroatoms. The van der Waals surface area contributed by atoms with Gasteiger partial charge in [-0.2, -0.15) is 0 Å². The molecule has 0 radical (unpaired) electrons. The highest BCUT2D eigenvalue weighted by Crippen LogP contribution is 2.23. The molecule has 1 aromatic carbocycles. The summed E-state index contributed by atoms with van der Waals surface area (Å²) in [5, 5.41) is 0. The molecule has 128 valence electrons. The van der Waals surface area contributed by atoms with Crippen molar-refractivity contribution >= 4 is 12.0 Å². The molecule has 0 saturated heterocycles. The van der Waals surface area contributed by atoms with E-state index in [0.29, 0.717) is 17.4 Å². The first-order valence-electron chi connectivity index (χ1n) is 8.04. The molecule has 23 heavy (non-hydrogen) atoms. The fourth-order valence-electron chi connectivity index (χ4n) is 2.23. The van der Waals surface area contributed by atoms with Crippen LogP contribution in [0.4, 0.5) is 8.78 Å². The first kappa shape index (κ1) is 19.3. The zero-order chi connectivity index (χ0) is 17.6. The van der Waals surface area contributed by atoms with Crippen LogP contribution in [-0.2, 0) is 9.53 Å². The molecule has 0 saturated carbocycles. The van der Waals surface area contributed by atoms with Crippen LogP contribution in [0.3, 0.4) is 0 Å². The maximum Gasteiger partial charge on any atom is 0.331 e. The lowest BCUT2D eigenvalue weighted by atomic mass is 9.87. The number of rotatable bonds is 7. The van der Waals surface area contributed by atoms with Gasteiger partial charge in [0.1, 0.15) is 6.10 Å². The molecule has 0 aliphatic rings. The van der Waals surface area contributed by atoms with E-state index >= 15 is 0 Å². The minimum atomic E-state index is -0.938. The number of carbonyl (C=O) groups is 1. The van der Waals surface area contributed by atoms with E-state index in [4.69, 9.17) is 4.74 Å². The molecule has 0 spiro atoms. The second-order valence-corrected chi connectivity index (χ2v) is 6.71. The van der Waals surface area contributed by atoms with Gasteiger partial charge in [-0.25, -0.2) is 13.6 Å². The maximum atomic E-state index is 13.1. The van der Waals surface area contributed by atoms with Gasteiger partial charge < -0.3 is 4.74 Å². The van der Waals surface area contributed by atoms with E-state index < -0.39 is 17.6 Å². The highest BCUT2D eigenvalue weighted by Gasteiger charge is 2.24. The van der Waals surface area contributed by atoms with Gasteiger partial charge in [0.2, 0.25) is 0 Å². The Labute approximate surface area is 137 Å². The number of hydrogen-bond acceptors (Lipinski definition) is 2. The Morgan fingerprint density at radius 3 is 2.30 bits per heavy atom. The third-order valence-corrected chi connectivity index (χ3v) is 3.96. The van der Waals surface area contributed by atoms with Gasteiger partial charge in [-0.3, -0.25) is 0 Å². The highest BCUT2D eigenvalue weighted by molar-refractivity contribution is 5.87. The molecular formula is C19H26F2O2. The first-order valence-corrected chi connectivity index (χ1v) is 8.04. The first-order chi connectivity index (χ1) is 10.7. The van der Waals surface area contributed by atoms with Crippen LogP contribution in [0.15, 0.2) is 24.3 Å². The molecule has 2 atom stereocenters. The summed E-state index contributed by atoms with van der Waals surface area (Å²) in [4.78, 5) is 12.0. The van der Waals surface area contributed by atoms with Gasteiger partial charge in [-0.1, -0.05) is 40.7 Å². The second-order valence-electron chi connectivity index (χ2n) is 6.71. The number of hydrogen-bond donors (Lipinski definition) is 0. The lowest BCUT2D eigenvalue weighted by Crippen LogP contribution is -2.29. The molecule has 1 aromatic rings. The molecule has 0 aliphatic heterocycles. The van der Waals surface area contributed by atoms with Crippen molar-refractivity contribution in [2.75, 3.05) is 0 Å². The summed E-state index contributed by atoms with van der Waals surface area (Å²) in [5.41, 5.74) is 0.415. The Bertz CT molecular complexity index is 550. The van der Waals surface area contributed by atoms with Crippen molar-refractivity contribution in [1.82, 2.24) is 0 Å². The van der Waals surface area contributed by atoms with Crippen LogP contribution in [0.25, 0.3) is 6.08 Å². The molecule has 0 N–H and O–H groups in total. The van der Waals surface area contributed by atoms with Gasteiger partial charge in [-0.15, -0.1) is 0 Å². The van der Waals surface area contributed by atoms with Crippen molar-refractivity contribution in [3.63, 3.8) is 0 Å². The molecule has 0 aliphatic carbocycles. The average Bonchev–Trinajstić information content (AvgIpc) is 2.46. The summed E-state index contributed by atoms with van der Waals surface area (Å²) in [7, 11) is 0. The third-order valence-electron chi connectivity index (χ3n) is 3.96. The van der Waals surface area contributed by atoms with E-state index in [1.165, 1.54) is 18.2 Å². The minimum Gasteiger partial charge on any atom is -0.459 e. The summed E-state index contributed by atoms with van der Waals surface area (Å²) in [5.74, 6) is -1.24. The van der Waals surface area contributed by atoms with Crippen molar-refractivity contribution in [2.24, 2.45) is 17.8 Å². The molecule has 0 aromatic heterocycles. The van der Waals surface area contributed by atoms with E-state index in [0.717, 1.165) is 18.6 Å². The van der Waals surface area contributed by atoms with E-state index in [2.05, 4.69) is 34.6 Å². The third kappa shape index (κ3) is 6.51. The van der Waals surface area contributed by atoms with E-state index in [-0.39, 0.29) is 12.0 Å². The smallest absolute Gasteiger partial charge is 0.331 e. The molecule has 0 bridgehead atoms. The largest absolute Gasteiger partial charge is 0.459 e. The summed E-state index contributed by atoms with van der Waals surface area (Å²) in [6.45, 7) is 10.5. The van der Waals surface area contributed by atoms with Crippen molar-refractivity contribution < 1.29 is 18.3 Å². The topological polar surface area (TPSA) is 26.3 Å². The zero-order valence-corrected chi connectivity index (χ0v) is 14.5. The van der Waals surface area contributed by atoms with E-state index in [1.807, 2.05) is 0 Å². The minimum absolute atomic E-state index is 0.155. The average molecular weight is 324 g/mol. The summed E-state index contributed by atoms with van der Waals surface area (Å²) < 4.78 is 31.6. The number of benzene rings is 1. The van der Waals surface area contributed by atoms with E-state index in [9.17, 15) is 13.6 Å². The molecule has 0 amide bonds. The zero-order valence-electron chi connectivity index (χ0n) is 14.5. The van der Waals surface area contributed by atoms with Gasteiger partial charge in [0.25, 0.3) is 0 Å². The number of ether oxygens (including phenoxy) is 1. The highest BCUT2D eigenvalue weighted by atomic mass is 19.2. The van der Waals surface area contributed by atoms with Crippen LogP contribution in [-0.4, -0.2) is 12.1 Å². The number of esters is 1. The van der Waals surface area contributed by atoms with Crippen molar-refractivity contribution in [3.05, 3.63) is 41.5 Å². The predicted molar refractivity (Wildman–Crippen MR) is 88.7 cm³/mol. The SMILES string of the molecule is CC(C)C[C@@H](OC(=O)/C=C/c1ccc(F)c(F)c1)[C@@H](C)C(C)C. The Morgan fingerprint density at radius 1 is 1.13 bits per heavy atom. The number of carbonyl (C=O) groups excluding carboxylic acids is 1. The molecular weight excluding hydrogens is 298 g/mol. The lowest BCUT2D eigenvalue weighted by molar-refractivity contribution is -0.147. The van der Waals surface area contributed by atoms with Gasteiger partial charge in [0.15, 0.2) is 11.6 Å². The Morgan fingerprint density at radius 2 is 1.78 bits per heavy atom. The molecule has 0 unspecified atom stereocenters. The Balaban J connectivity index is 2.74. The van der Waals surface area contributed by atoms with Crippen molar-refractivity contribution in [3.8, 4) is 0 Å². The molecule has 2 nitrogen and oxygen atoms in total. The van der Waals surface area contributed by atoms with Gasteiger partial charge >= 0.3 is 5.97 Å². The van der Waals surface area contributed by atoms with Gasteiger partial charge in [-0.05, 0) is 47.9 Å². The van der Waals surface area contributed by atoms with Crippen LogP contribution in [0.5, 0.6) is 0 Å². The van der Waals surface area contributed by atoms with Crippen LogP contribution in [0, 0.1) is 29.4 Å². The second kappa shape index (κ2) is 8.80. The quantitative estimate of drug-likeness (QED) is 0.507. The van der Waals surface area contributed by atoms with Crippen molar-refractivity contribution in [2.45, 2.75) is 47.1 Å². The van der Waals surface area contributed by atoms with Crippen LogP contribution in [0.1, 0.15) is 46.6 Å². The maximum absolute atomic E-state index is 13.1. The molecule has 0 fully saturated rings. The fraction of sp³-hybridized carbons (Fsp3) is 0.526. The monoisotopic (exact) mass is 324 g/mol. The Kier molecular flexibility index (Phi) is 7.40.